The molecule has 0 unspecified atom stereocenters. The van der Waals surface area contributed by atoms with E-state index in [4.69, 9.17) is 11.6 Å². The first-order valence-corrected chi connectivity index (χ1v) is 6.09. The van der Waals surface area contributed by atoms with E-state index in [0.717, 1.165) is 5.56 Å². The Bertz CT molecular complexity index is 686. The first-order chi connectivity index (χ1) is 9.34. The zero-order chi connectivity index (χ0) is 13.1. The zero-order valence-corrected chi connectivity index (χ0v) is 10.6. The second kappa shape index (κ2) is 5.12. The lowest BCUT2D eigenvalue weighted by Crippen LogP contribution is -1.97. The Hall–Kier alpha value is -2.33. The second-order valence-electron chi connectivity index (χ2n) is 3.86. The van der Waals surface area contributed by atoms with Crippen LogP contribution in [0.2, 0.25) is 5.15 Å². The molecule has 2 aromatic heterocycles. The van der Waals surface area contributed by atoms with Gasteiger partial charge in [0.05, 0.1) is 0 Å². The van der Waals surface area contributed by atoms with E-state index in [1.807, 2.05) is 48.5 Å². The summed E-state index contributed by atoms with van der Waals surface area (Å²) in [5.74, 6) is 0.422. The lowest BCUT2D eigenvalue weighted by molar-refractivity contribution is 0.978. The van der Waals surface area contributed by atoms with Gasteiger partial charge in [-0.05, 0) is 12.1 Å². The van der Waals surface area contributed by atoms with Crippen LogP contribution >= 0.6 is 11.6 Å². The van der Waals surface area contributed by atoms with Gasteiger partial charge in [-0.25, -0.2) is 4.98 Å². The normalized spacial score (nSPS) is 10.4. The van der Waals surface area contributed by atoms with Gasteiger partial charge in [0.25, 0.3) is 0 Å². The molecule has 1 aromatic carbocycles. The first-order valence-electron chi connectivity index (χ1n) is 5.71. The van der Waals surface area contributed by atoms with E-state index < -0.39 is 0 Å². The van der Waals surface area contributed by atoms with Crippen molar-refractivity contribution in [3.05, 3.63) is 59.9 Å². The second-order valence-corrected chi connectivity index (χ2v) is 4.21. The van der Waals surface area contributed by atoms with Crippen molar-refractivity contribution in [2.45, 2.75) is 0 Å². The highest BCUT2D eigenvalue weighted by atomic mass is 35.5. The van der Waals surface area contributed by atoms with Crippen LogP contribution in [0.15, 0.2) is 54.7 Å². The molecule has 3 aromatic rings. The Labute approximate surface area is 115 Å². The lowest BCUT2D eigenvalue weighted by atomic mass is 10.2. The fourth-order valence-corrected chi connectivity index (χ4v) is 1.91. The van der Waals surface area contributed by atoms with Crippen molar-refractivity contribution in [3.8, 4) is 22.8 Å². The molecule has 0 aliphatic rings. The van der Waals surface area contributed by atoms with Gasteiger partial charge in [-0.3, -0.25) is 4.98 Å². The number of hydrogen-bond donors (Lipinski definition) is 0. The van der Waals surface area contributed by atoms with Crippen molar-refractivity contribution < 1.29 is 0 Å². The predicted octanol–water partition coefficient (Wildman–Crippen LogP) is 3.25. The largest absolute Gasteiger partial charge is 0.253 e. The van der Waals surface area contributed by atoms with Crippen LogP contribution in [0.25, 0.3) is 22.8 Å². The Balaban J connectivity index is 2.04. The lowest BCUT2D eigenvalue weighted by Gasteiger charge is -2.03. The minimum atomic E-state index is 0.321. The molecule has 0 radical (unpaired) electrons. The monoisotopic (exact) mass is 268 g/mol. The molecular formula is C14H9ClN4. The highest BCUT2D eigenvalue weighted by Crippen LogP contribution is 2.24. The number of nitrogens with zero attached hydrogens (tertiary/aromatic N) is 4. The molecule has 4 nitrogen and oxygen atoms in total. The topological polar surface area (TPSA) is 51.6 Å². The third kappa shape index (κ3) is 2.44. The third-order valence-corrected chi connectivity index (χ3v) is 2.85. The fraction of sp³-hybridized carbons (Fsp3) is 0. The molecule has 0 saturated heterocycles. The number of halogens is 1. The Morgan fingerprint density at radius 2 is 1.63 bits per heavy atom. The number of rotatable bonds is 2. The van der Waals surface area contributed by atoms with Gasteiger partial charge in [-0.2, -0.15) is 0 Å². The van der Waals surface area contributed by atoms with Gasteiger partial charge in [-0.1, -0.05) is 48.0 Å². The summed E-state index contributed by atoms with van der Waals surface area (Å²) in [7, 11) is 0. The zero-order valence-electron chi connectivity index (χ0n) is 9.86. The molecule has 0 N–H and O–H groups in total. The molecule has 19 heavy (non-hydrogen) atoms. The molecule has 0 fully saturated rings. The predicted molar refractivity (Wildman–Crippen MR) is 73.5 cm³/mol. The standard InChI is InChI=1S/C14H9ClN4/c15-13-12(10-6-2-1-3-7-10)18-19-14(17-13)11-8-4-5-9-16-11/h1-9H. The maximum atomic E-state index is 6.17. The van der Waals surface area contributed by atoms with Crippen LogP contribution in [-0.2, 0) is 0 Å². The smallest absolute Gasteiger partial charge is 0.201 e. The van der Waals surface area contributed by atoms with Gasteiger partial charge in [0.2, 0.25) is 5.82 Å². The van der Waals surface area contributed by atoms with E-state index >= 15 is 0 Å². The van der Waals surface area contributed by atoms with Gasteiger partial charge in [0.1, 0.15) is 11.4 Å². The maximum absolute atomic E-state index is 6.17. The summed E-state index contributed by atoms with van der Waals surface area (Å²) < 4.78 is 0. The fourth-order valence-electron chi connectivity index (χ4n) is 1.68. The Kier molecular flexibility index (Phi) is 3.16. The minimum Gasteiger partial charge on any atom is -0.253 e. The van der Waals surface area contributed by atoms with Crippen LogP contribution in [0.4, 0.5) is 0 Å². The highest BCUT2D eigenvalue weighted by molar-refractivity contribution is 6.31. The van der Waals surface area contributed by atoms with E-state index in [2.05, 4.69) is 20.2 Å². The number of aromatic nitrogens is 4. The van der Waals surface area contributed by atoms with Crippen LogP contribution in [0, 0.1) is 0 Å². The van der Waals surface area contributed by atoms with Crippen LogP contribution in [0.3, 0.4) is 0 Å². The first kappa shape index (κ1) is 11.7. The van der Waals surface area contributed by atoms with E-state index in [-0.39, 0.29) is 0 Å². The minimum absolute atomic E-state index is 0.321. The molecule has 92 valence electrons. The molecule has 0 saturated carbocycles. The number of benzene rings is 1. The summed E-state index contributed by atoms with van der Waals surface area (Å²) in [5.41, 5.74) is 2.11. The van der Waals surface area contributed by atoms with Gasteiger partial charge in [-0.15, -0.1) is 10.2 Å². The van der Waals surface area contributed by atoms with Crippen LogP contribution < -0.4 is 0 Å². The van der Waals surface area contributed by atoms with E-state index in [0.29, 0.717) is 22.4 Å². The molecular weight excluding hydrogens is 260 g/mol. The summed E-state index contributed by atoms with van der Waals surface area (Å²) in [4.78, 5) is 8.42. The van der Waals surface area contributed by atoms with Gasteiger partial charge >= 0.3 is 0 Å². The van der Waals surface area contributed by atoms with Crippen molar-refractivity contribution in [2.24, 2.45) is 0 Å². The summed E-state index contributed by atoms with van der Waals surface area (Å²) in [6.07, 6.45) is 1.68. The summed E-state index contributed by atoms with van der Waals surface area (Å²) in [6, 6.07) is 15.1. The van der Waals surface area contributed by atoms with Crippen molar-refractivity contribution in [2.75, 3.05) is 0 Å². The molecule has 0 aliphatic heterocycles. The van der Waals surface area contributed by atoms with Crippen LogP contribution in [0.5, 0.6) is 0 Å². The van der Waals surface area contributed by atoms with Gasteiger partial charge < -0.3 is 0 Å². The van der Waals surface area contributed by atoms with Gasteiger partial charge in [0, 0.05) is 11.8 Å². The summed E-state index contributed by atoms with van der Waals surface area (Å²) >= 11 is 6.17. The number of hydrogen-bond acceptors (Lipinski definition) is 4. The molecule has 0 amide bonds. The van der Waals surface area contributed by atoms with Crippen LogP contribution in [0.1, 0.15) is 0 Å². The molecule has 5 heteroatoms. The van der Waals surface area contributed by atoms with Crippen molar-refractivity contribution in [1.29, 1.82) is 0 Å². The van der Waals surface area contributed by atoms with Crippen molar-refractivity contribution in [1.82, 2.24) is 20.2 Å². The quantitative estimate of drug-likeness (QED) is 0.716. The average Bonchev–Trinajstić information content (AvgIpc) is 2.49. The average molecular weight is 269 g/mol. The highest BCUT2D eigenvalue weighted by Gasteiger charge is 2.10. The molecule has 2 heterocycles. The van der Waals surface area contributed by atoms with Crippen molar-refractivity contribution >= 4 is 11.6 Å². The molecule has 3 rings (SSSR count). The third-order valence-electron chi connectivity index (χ3n) is 2.59. The Morgan fingerprint density at radius 1 is 0.842 bits per heavy atom. The molecule has 0 atom stereocenters. The van der Waals surface area contributed by atoms with E-state index in [1.165, 1.54) is 0 Å². The SMILES string of the molecule is Clc1nc(-c2ccccn2)nnc1-c1ccccc1. The Morgan fingerprint density at radius 3 is 2.32 bits per heavy atom. The van der Waals surface area contributed by atoms with E-state index in [1.54, 1.807) is 6.20 Å². The summed E-state index contributed by atoms with van der Waals surface area (Å²) in [5, 5.41) is 8.54. The van der Waals surface area contributed by atoms with Crippen molar-refractivity contribution in [3.63, 3.8) is 0 Å². The maximum Gasteiger partial charge on any atom is 0.201 e. The molecule has 0 spiro atoms. The van der Waals surface area contributed by atoms with E-state index in [9.17, 15) is 0 Å². The summed E-state index contributed by atoms with van der Waals surface area (Å²) in [6.45, 7) is 0. The number of pyridine rings is 1. The van der Waals surface area contributed by atoms with Crippen LogP contribution in [-0.4, -0.2) is 20.2 Å². The van der Waals surface area contributed by atoms with Gasteiger partial charge in [0.15, 0.2) is 5.15 Å². The molecule has 0 bridgehead atoms. The molecule has 0 aliphatic carbocycles.